The van der Waals surface area contributed by atoms with E-state index in [0.717, 1.165) is 48.4 Å². The number of nitrogens with two attached hydrogens (primary N) is 2. The second kappa shape index (κ2) is 9.02. The van der Waals surface area contributed by atoms with E-state index in [2.05, 4.69) is 37.2 Å². The first kappa shape index (κ1) is 22.3. The molecule has 2 aromatic rings. The van der Waals surface area contributed by atoms with Crippen molar-refractivity contribution in [3.63, 3.8) is 0 Å². The highest BCUT2D eigenvalue weighted by atomic mass is 32.2. The number of hydrogen-bond donors (Lipinski definition) is 3. The molecule has 0 unspecified atom stereocenters. The summed E-state index contributed by atoms with van der Waals surface area (Å²) in [5, 5.41) is 3.56. The third-order valence-electron chi connectivity index (χ3n) is 6.53. The predicted octanol–water partition coefficient (Wildman–Crippen LogP) is 0.813. The zero-order valence-electron chi connectivity index (χ0n) is 18.8. The zero-order valence-corrected chi connectivity index (χ0v) is 19.6. The SMILES string of the molecule is C#Cc1cnc(C2=CCN(c3nc4c(c(NC5(CN=C(N)N)CCC5)n3)[S@](=O)CC4)CC2)nc1. The summed E-state index contributed by atoms with van der Waals surface area (Å²) in [6.45, 7) is 1.83. The first-order chi connectivity index (χ1) is 16.5. The van der Waals surface area contributed by atoms with Crippen LogP contribution < -0.4 is 21.7 Å². The number of guanidine groups is 1. The number of terminal acetylenes is 1. The Kier molecular flexibility index (Phi) is 5.91. The Morgan fingerprint density at radius 1 is 1.26 bits per heavy atom. The van der Waals surface area contributed by atoms with Gasteiger partial charge in [0.1, 0.15) is 10.7 Å². The minimum atomic E-state index is -1.12. The second-order valence-corrected chi connectivity index (χ2v) is 10.3. The van der Waals surface area contributed by atoms with Crippen molar-refractivity contribution in [2.75, 3.05) is 35.6 Å². The van der Waals surface area contributed by atoms with E-state index >= 15 is 0 Å². The maximum absolute atomic E-state index is 12.8. The first-order valence-electron chi connectivity index (χ1n) is 11.3. The fourth-order valence-corrected chi connectivity index (χ4v) is 5.76. The Morgan fingerprint density at radius 2 is 2.06 bits per heavy atom. The lowest BCUT2D eigenvalue weighted by atomic mass is 9.76. The quantitative estimate of drug-likeness (QED) is 0.312. The fraction of sp³-hybridized carbons (Fsp3) is 0.435. The molecule has 0 aromatic carbocycles. The average molecular weight is 478 g/mol. The van der Waals surface area contributed by atoms with E-state index in [4.69, 9.17) is 27.9 Å². The van der Waals surface area contributed by atoms with Crippen LogP contribution in [0.5, 0.6) is 0 Å². The lowest BCUT2D eigenvalue weighted by molar-refractivity contribution is 0.286. The molecule has 2 aliphatic heterocycles. The molecule has 0 saturated heterocycles. The molecule has 0 radical (unpaired) electrons. The van der Waals surface area contributed by atoms with Gasteiger partial charge in [-0.25, -0.2) is 15.0 Å². The van der Waals surface area contributed by atoms with Crippen LogP contribution in [0, 0.1) is 12.3 Å². The Morgan fingerprint density at radius 3 is 2.68 bits per heavy atom. The molecule has 5 N–H and O–H groups in total. The van der Waals surface area contributed by atoms with Gasteiger partial charge in [-0.2, -0.15) is 4.98 Å². The van der Waals surface area contributed by atoms with Crippen LogP contribution in [0.1, 0.15) is 42.8 Å². The molecule has 1 saturated carbocycles. The number of aryl methyl sites for hydroxylation is 1. The summed E-state index contributed by atoms with van der Waals surface area (Å²) in [7, 11) is -1.12. The molecule has 3 aliphatic rings. The number of aromatic nitrogens is 4. The highest BCUT2D eigenvalue weighted by Crippen LogP contribution is 2.39. The fourth-order valence-electron chi connectivity index (χ4n) is 4.45. The predicted molar refractivity (Wildman–Crippen MR) is 133 cm³/mol. The van der Waals surface area contributed by atoms with Gasteiger partial charge in [-0.15, -0.1) is 6.42 Å². The summed E-state index contributed by atoms with van der Waals surface area (Å²) in [6.07, 6.45) is 15.2. The first-order valence-corrected chi connectivity index (χ1v) is 12.6. The van der Waals surface area contributed by atoms with Gasteiger partial charge in [-0.1, -0.05) is 12.0 Å². The van der Waals surface area contributed by atoms with Crippen molar-refractivity contribution in [1.82, 2.24) is 19.9 Å². The number of anilines is 2. The molecular weight excluding hydrogens is 450 g/mol. The van der Waals surface area contributed by atoms with Crippen molar-refractivity contribution in [3.05, 3.63) is 35.6 Å². The number of nitrogens with one attached hydrogen (secondary N) is 1. The van der Waals surface area contributed by atoms with E-state index in [1.807, 2.05) is 0 Å². The van der Waals surface area contributed by atoms with Gasteiger partial charge < -0.3 is 21.7 Å². The molecule has 1 aliphatic carbocycles. The summed E-state index contributed by atoms with van der Waals surface area (Å²) in [5.41, 5.74) is 13.5. The van der Waals surface area contributed by atoms with Crippen LogP contribution in [0.3, 0.4) is 0 Å². The molecule has 4 heterocycles. The van der Waals surface area contributed by atoms with E-state index in [1.54, 1.807) is 12.4 Å². The van der Waals surface area contributed by atoms with Gasteiger partial charge in [-0.05, 0) is 31.3 Å². The standard InChI is InChI=1S/C23H27N9OS/c1-2-15-12-26-19(27-13-15)16-4-9-32(10-5-16)22-29-17-6-11-34(33)18(17)20(30-22)31-23(7-3-8-23)14-28-21(24)25/h1,4,12-13H,3,5-11,14H2,(H4,24,25,28)(H,29,30,31)/t34-/m1/s1. The third kappa shape index (κ3) is 4.33. The van der Waals surface area contributed by atoms with Crippen molar-refractivity contribution in [2.45, 2.75) is 42.5 Å². The molecule has 176 valence electrons. The van der Waals surface area contributed by atoms with Crippen LogP contribution in [0.2, 0.25) is 0 Å². The lowest BCUT2D eigenvalue weighted by Crippen LogP contribution is -2.49. The number of nitrogens with zero attached hydrogens (tertiary/aromatic N) is 6. The molecule has 0 amide bonds. The number of rotatable bonds is 6. The molecule has 0 spiro atoms. The Bertz CT molecular complexity index is 1220. The number of hydrogen-bond acceptors (Lipinski definition) is 8. The van der Waals surface area contributed by atoms with E-state index < -0.39 is 10.8 Å². The van der Waals surface area contributed by atoms with Crippen LogP contribution in [0.15, 0.2) is 28.4 Å². The number of fused-ring (bicyclic) bond motifs is 1. The minimum Gasteiger partial charge on any atom is -0.370 e. The molecule has 0 bridgehead atoms. The second-order valence-electron chi connectivity index (χ2n) is 8.81. The van der Waals surface area contributed by atoms with Crippen LogP contribution in [-0.4, -0.2) is 61.0 Å². The molecule has 10 nitrogen and oxygen atoms in total. The summed E-state index contributed by atoms with van der Waals surface area (Å²) in [4.78, 5) is 25.5. The third-order valence-corrected chi connectivity index (χ3v) is 7.99. The van der Waals surface area contributed by atoms with E-state index in [-0.39, 0.29) is 11.5 Å². The van der Waals surface area contributed by atoms with Gasteiger partial charge in [0.2, 0.25) is 5.95 Å². The molecule has 11 heteroatoms. The van der Waals surface area contributed by atoms with Crippen molar-refractivity contribution < 1.29 is 4.21 Å². The van der Waals surface area contributed by atoms with Crippen LogP contribution in [0.4, 0.5) is 11.8 Å². The number of aliphatic imine (C=N–C) groups is 1. The maximum atomic E-state index is 12.8. The van der Waals surface area contributed by atoms with Crippen molar-refractivity contribution in [2.24, 2.45) is 16.5 Å². The molecule has 5 rings (SSSR count). The molecule has 2 aromatic heterocycles. The van der Waals surface area contributed by atoms with Crippen LogP contribution >= 0.6 is 0 Å². The topological polar surface area (TPSA) is 148 Å². The summed E-state index contributed by atoms with van der Waals surface area (Å²) in [6, 6.07) is 0. The van der Waals surface area contributed by atoms with Gasteiger partial charge in [0.15, 0.2) is 11.8 Å². The smallest absolute Gasteiger partial charge is 0.227 e. The van der Waals surface area contributed by atoms with Crippen molar-refractivity contribution >= 4 is 34.1 Å². The van der Waals surface area contributed by atoms with Crippen molar-refractivity contribution in [1.29, 1.82) is 0 Å². The van der Waals surface area contributed by atoms with Gasteiger partial charge in [-0.3, -0.25) is 9.20 Å². The molecule has 34 heavy (non-hydrogen) atoms. The van der Waals surface area contributed by atoms with Crippen LogP contribution in [-0.2, 0) is 17.2 Å². The monoisotopic (exact) mass is 477 g/mol. The highest BCUT2D eigenvalue weighted by molar-refractivity contribution is 7.85. The largest absolute Gasteiger partial charge is 0.370 e. The van der Waals surface area contributed by atoms with E-state index in [1.165, 1.54) is 0 Å². The van der Waals surface area contributed by atoms with Gasteiger partial charge in [0.05, 0.1) is 34.1 Å². The molecule has 1 atom stereocenters. The Balaban J connectivity index is 1.40. The van der Waals surface area contributed by atoms with Gasteiger partial charge in [0.25, 0.3) is 0 Å². The lowest BCUT2D eigenvalue weighted by Gasteiger charge is -2.42. The zero-order chi connectivity index (χ0) is 23.7. The van der Waals surface area contributed by atoms with E-state index in [9.17, 15) is 4.21 Å². The Labute approximate surface area is 200 Å². The van der Waals surface area contributed by atoms with Crippen molar-refractivity contribution in [3.8, 4) is 12.3 Å². The average Bonchev–Trinajstić information content (AvgIpc) is 3.21. The van der Waals surface area contributed by atoms with Gasteiger partial charge >= 0.3 is 0 Å². The van der Waals surface area contributed by atoms with Gasteiger partial charge in [0, 0.05) is 37.7 Å². The highest BCUT2D eigenvalue weighted by Gasteiger charge is 2.39. The molecule has 1 fully saturated rings. The van der Waals surface area contributed by atoms with E-state index in [0.29, 0.717) is 48.4 Å². The maximum Gasteiger partial charge on any atom is 0.227 e. The van der Waals surface area contributed by atoms with Crippen LogP contribution in [0.25, 0.3) is 5.57 Å². The Hall–Kier alpha value is -3.52. The summed E-state index contributed by atoms with van der Waals surface area (Å²) in [5.74, 6) is 5.14. The minimum absolute atomic E-state index is 0.0686. The summed E-state index contributed by atoms with van der Waals surface area (Å²) >= 11 is 0. The molecular formula is C23H27N9OS. The normalized spacial score (nSPS) is 20.5. The summed E-state index contributed by atoms with van der Waals surface area (Å²) < 4.78 is 12.8.